The monoisotopic (exact) mass is 590 g/mol. The van der Waals surface area contributed by atoms with E-state index in [4.69, 9.17) is 12.3 Å². The van der Waals surface area contributed by atoms with E-state index >= 15 is 0 Å². The second-order valence-electron chi connectivity index (χ2n) is 9.67. The van der Waals surface area contributed by atoms with E-state index in [1.807, 2.05) is 0 Å². The summed E-state index contributed by atoms with van der Waals surface area (Å²) in [6, 6.07) is 0. The standard InChI is InChI=1S/C24H51BO9S3/c1-4-7-10-13-16-19-22-35(26,27)32-25(33-36(28,29)23-20-17-14-11-8-5-2)34-37(30,31)24-21-18-15-12-9-6-3/h4-24H2,1-3H3. The lowest BCUT2D eigenvalue weighted by molar-refractivity contribution is 0.310. The Balaban J connectivity index is 5.04. The van der Waals surface area contributed by atoms with Gasteiger partial charge in [-0.1, -0.05) is 117 Å². The van der Waals surface area contributed by atoms with E-state index in [2.05, 4.69) is 20.8 Å². The maximum atomic E-state index is 12.5. The van der Waals surface area contributed by atoms with Gasteiger partial charge in [-0.3, -0.25) is 12.3 Å². The SMILES string of the molecule is CCCCCCCCS(=O)(=O)OB(OS(=O)(=O)CCCCCCCC)OS(=O)(=O)CCCCCCCC. The Labute approximate surface area is 228 Å². The van der Waals surface area contributed by atoms with Gasteiger partial charge >= 0.3 is 7.32 Å². The zero-order valence-corrected chi connectivity index (χ0v) is 25.8. The summed E-state index contributed by atoms with van der Waals surface area (Å²) in [7, 11) is -15.2. The van der Waals surface area contributed by atoms with Crippen LogP contribution in [0.4, 0.5) is 0 Å². The van der Waals surface area contributed by atoms with Crippen molar-refractivity contribution in [3.63, 3.8) is 0 Å². The molecule has 0 heterocycles. The Morgan fingerprint density at radius 2 is 0.595 bits per heavy atom. The summed E-state index contributed by atoms with van der Waals surface area (Å²) < 4.78 is 89.2. The summed E-state index contributed by atoms with van der Waals surface area (Å²) in [6.45, 7) is 6.25. The predicted molar refractivity (Wildman–Crippen MR) is 150 cm³/mol. The van der Waals surface area contributed by atoms with Crippen LogP contribution >= 0.6 is 0 Å². The molecule has 222 valence electrons. The molecule has 0 amide bonds. The van der Waals surface area contributed by atoms with Gasteiger partial charge in [0.1, 0.15) is 0 Å². The van der Waals surface area contributed by atoms with E-state index in [1.165, 1.54) is 0 Å². The first-order valence-electron chi connectivity index (χ1n) is 14.2. The van der Waals surface area contributed by atoms with Gasteiger partial charge in [0.15, 0.2) is 0 Å². The molecule has 37 heavy (non-hydrogen) atoms. The maximum Gasteiger partial charge on any atom is 0.684 e. The molecule has 0 bridgehead atoms. The summed E-state index contributed by atoms with van der Waals surface area (Å²) in [6.07, 6.45) is 15.0. The third kappa shape index (κ3) is 23.4. The molecule has 9 nitrogen and oxygen atoms in total. The van der Waals surface area contributed by atoms with Crippen molar-refractivity contribution in [2.45, 2.75) is 136 Å². The molecule has 0 saturated heterocycles. The molecule has 0 aromatic rings. The molecule has 0 spiro atoms. The van der Waals surface area contributed by atoms with Crippen LogP contribution in [-0.2, 0) is 42.7 Å². The summed E-state index contributed by atoms with van der Waals surface area (Å²) in [5.41, 5.74) is 0. The van der Waals surface area contributed by atoms with Crippen molar-refractivity contribution >= 4 is 37.7 Å². The first kappa shape index (κ1) is 36.8. The summed E-state index contributed by atoms with van der Waals surface area (Å²) >= 11 is 0. The molecule has 13 heteroatoms. The predicted octanol–water partition coefficient (Wildman–Crippen LogP) is 6.09. The Kier molecular flexibility index (Phi) is 21.5. The van der Waals surface area contributed by atoms with Crippen LogP contribution in [0.2, 0.25) is 0 Å². The lowest BCUT2D eigenvalue weighted by Crippen LogP contribution is -2.36. The van der Waals surface area contributed by atoms with E-state index in [9.17, 15) is 25.3 Å². The lowest BCUT2D eigenvalue weighted by atomic mass is 10.1. The van der Waals surface area contributed by atoms with Crippen LogP contribution in [0.25, 0.3) is 0 Å². The molecular weight excluding hydrogens is 539 g/mol. The molecule has 0 atom stereocenters. The lowest BCUT2D eigenvalue weighted by Gasteiger charge is -2.15. The topological polar surface area (TPSA) is 130 Å². The summed E-state index contributed by atoms with van der Waals surface area (Å²) in [5, 5.41) is 0. The molecule has 0 aliphatic carbocycles. The Morgan fingerprint density at radius 3 is 0.838 bits per heavy atom. The van der Waals surface area contributed by atoms with Gasteiger partial charge in [0.05, 0.1) is 17.3 Å². The number of rotatable bonds is 27. The highest BCUT2D eigenvalue weighted by Gasteiger charge is 2.38. The molecule has 0 radical (unpaired) electrons. The normalized spacial score (nSPS) is 12.7. The average Bonchev–Trinajstić information content (AvgIpc) is 2.79. The van der Waals surface area contributed by atoms with E-state index in [0.717, 1.165) is 77.0 Å². The third-order valence-corrected chi connectivity index (χ3v) is 9.64. The Morgan fingerprint density at radius 1 is 0.378 bits per heavy atom. The average molecular weight is 591 g/mol. The highest BCUT2D eigenvalue weighted by atomic mass is 32.2. The zero-order valence-electron chi connectivity index (χ0n) is 23.3. The minimum Gasteiger partial charge on any atom is -0.270 e. The van der Waals surface area contributed by atoms with Crippen LogP contribution in [0.1, 0.15) is 136 Å². The van der Waals surface area contributed by atoms with E-state index in [0.29, 0.717) is 38.5 Å². The first-order valence-corrected chi connectivity index (χ1v) is 18.9. The van der Waals surface area contributed by atoms with E-state index in [1.54, 1.807) is 0 Å². The van der Waals surface area contributed by atoms with Crippen LogP contribution in [0.3, 0.4) is 0 Å². The molecule has 0 aromatic carbocycles. The Bertz CT molecular complexity index is 746. The minimum absolute atomic E-state index is 0.313. The fourth-order valence-electron chi connectivity index (χ4n) is 3.73. The summed E-state index contributed by atoms with van der Waals surface area (Å²) in [4.78, 5) is 0. The number of hydrogen-bond donors (Lipinski definition) is 0. The second kappa shape index (κ2) is 21.6. The molecule has 0 fully saturated rings. The fourth-order valence-corrected chi connectivity index (χ4v) is 6.79. The van der Waals surface area contributed by atoms with Gasteiger partial charge in [0.2, 0.25) is 0 Å². The first-order chi connectivity index (χ1) is 17.5. The molecule has 0 rings (SSSR count). The quantitative estimate of drug-likeness (QED) is 0.0824. The molecule has 0 saturated carbocycles. The highest BCUT2D eigenvalue weighted by Crippen LogP contribution is 2.15. The molecule has 0 aromatic heterocycles. The maximum absolute atomic E-state index is 12.5. The Hall–Kier alpha value is -0.205. The zero-order chi connectivity index (χ0) is 28.0. The molecule has 0 N–H and O–H groups in total. The van der Waals surface area contributed by atoms with Crippen LogP contribution in [0.5, 0.6) is 0 Å². The van der Waals surface area contributed by atoms with Gasteiger partial charge in [0, 0.05) is 0 Å². The van der Waals surface area contributed by atoms with Crippen molar-refractivity contribution in [3.8, 4) is 0 Å². The second-order valence-corrected chi connectivity index (χ2v) is 14.8. The van der Waals surface area contributed by atoms with Gasteiger partial charge in [0.25, 0.3) is 30.4 Å². The molecular formula is C24H51BO9S3. The van der Waals surface area contributed by atoms with Crippen molar-refractivity contribution in [2.24, 2.45) is 0 Å². The van der Waals surface area contributed by atoms with Gasteiger partial charge in [-0.25, -0.2) is 25.3 Å². The van der Waals surface area contributed by atoms with Gasteiger partial charge < -0.3 is 0 Å². The molecule has 0 unspecified atom stereocenters. The van der Waals surface area contributed by atoms with Crippen molar-refractivity contribution < 1.29 is 37.6 Å². The summed E-state index contributed by atoms with van der Waals surface area (Å²) in [5.74, 6) is -1.13. The number of unbranched alkanes of at least 4 members (excludes halogenated alkanes) is 15. The van der Waals surface area contributed by atoms with E-state index in [-0.39, 0.29) is 17.3 Å². The minimum atomic E-state index is -4.27. The van der Waals surface area contributed by atoms with Crippen LogP contribution in [0, 0.1) is 0 Å². The smallest absolute Gasteiger partial charge is 0.270 e. The fraction of sp³-hybridized carbons (Fsp3) is 1.00. The largest absolute Gasteiger partial charge is 0.684 e. The van der Waals surface area contributed by atoms with Gasteiger partial charge in [-0.15, -0.1) is 0 Å². The van der Waals surface area contributed by atoms with Crippen molar-refractivity contribution in [2.75, 3.05) is 17.3 Å². The van der Waals surface area contributed by atoms with Crippen molar-refractivity contribution in [3.05, 3.63) is 0 Å². The molecule has 0 aliphatic rings. The van der Waals surface area contributed by atoms with Crippen LogP contribution in [0.15, 0.2) is 0 Å². The highest BCUT2D eigenvalue weighted by molar-refractivity contribution is 7.90. The van der Waals surface area contributed by atoms with Gasteiger partial charge in [-0.2, -0.15) is 0 Å². The van der Waals surface area contributed by atoms with Crippen molar-refractivity contribution in [1.29, 1.82) is 0 Å². The molecule has 0 aliphatic heterocycles. The van der Waals surface area contributed by atoms with Crippen molar-refractivity contribution in [1.82, 2.24) is 0 Å². The van der Waals surface area contributed by atoms with Crippen LogP contribution in [-0.4, -0.2) is 49.8 Å². The third-order valence-electron chi connectivity index (χ3n) is 5.92. The number of hydrogen-bond acceptors (Lipinski definition) is 9. The van der Waals surface area contributed by atoms with Crippen LogP contribution < -0.4 is 0 Å². The van der Waals surface area contributed by atoms with E-state index < -0.39 is 37.7 Å². The van der Waals surface area contributed by atoms with Gasteiger partial charge in [-0.05, 0) is 19.3 Å².